The van der Waals surface area contributed by atoms with Gasteiger partial charge >= 0.3 is 0 Å². The van der Waals surface area contributed by atoms with E-state index in [1.807, 2.05) is 0 Å². The van der Waals surface area contributed by atoms with E-state index in [9.17, 15) is 19.7 Å². The molecule has 2 aromatic heterocycles. The van der Waals surface area contributed by atoms with Crippen LogP contribution < -0.4 is 16.6 Å². The molecule has 0 radical (unpaired) electrons. The van der Waals surface area contributed by atoms with Crippen molar-refractivity contribution < 1.29 is 14.5 Å². The zero-order valence-electron chi connectivity index (χ0n) is 17.1. The first kappa shape index (κ1) is 22.0. The Labute approximate surface area is 191 Å². The lowest BCUT2D eigenvalue weighted by atomic mass is 9.89. The molecule has 1 atom stereocenters. The standard InChI is InChI=1S/C20H20N6O4S2/c1-10-2-7-13-14(8-10)32-19-16(13)17(21)22-20(23-19)31-9-15(27)24-25-18(28)11-3-5-12(6-4-11)26(29)30/h3-6,10H,2,7-9H2,1H3,(H,24,27)(H,25,28)(H2,21,22,23)/t10-/m1/s1. The minimum absolute atomic E-state index is 0.0202. The van der Waals surface area contributed by atoms with Gasteiger partial charge in [0.05, 0.1) is 16.1 Å². The number of carbonyl (C=O) groups excluding carboxylic acids is 2. The fourth-order valence-corrected chi connectivity index (χ4v) is 5.61. The number of nitrogen functional groups attached to an aromatic ring is 1. The van der Waals surface area contributed by atoms with Crippen LogP contribution in [0, 0.1) is 16.0 Å². The third-order valence-corrected chi connectivity index (χ3v) is 7.15. The lowest BCUT2D eigenvalue weighted by Crippen LogP contribution is -2.42. The molecular formula is C20H20N6O4S2. The predicted molar refractivity (Wildman–Crippen MR) is 122 cm³/mol. The summed E-state index contributed by atoms with van der Waals surface area (Å²) in [6, 6.07) is 5.05. The van der Waals surface area contributed by atoms with E-state index in [0.717, 1.165) is 41.2 Å². The van der Waals surface area contributed by atoms with Gasteiger partial charge in [-0.25, -0.2) is 9.97 Å². The number of thioether (sulfide) groups is 1. The van der Waals surface area contributed by atoms with E-state index < -0.39 is 16.7 Å². The molecule has 0 aliphatic heterocycles. The van der Waals surface area contributed by atoms with E-state index in [4.69, 9.17) is 5.73 Å². The Morgan fingerprint density at radius 1 is 1.28 bits per heavy atom. The summed E-state index contributed by atoms with van der Waals surface area (Å²) in [5, 5.41) is 12.0. The van der Waals surface area contributed by atoms with Gasteiger partial charge in [0, 0.05) is 22.6 Å². The first-order chi connectivity index (χ1) is 15.3. The Kier molecular flexibility index (Phi) is 6.24. The molecule has 4 rings (SSSR count). The van der Waals surface area contributed by atoms with Crippen LogP contribution in [0.4, 0.5) is 11.5 Å². The largest absolute Gasteiger partial charge is 0.383 e. The number of nitrogens with two attached hydrogens (primary N) is 1. The molecule has 1 aliphatic rings. The molecule has 4 N–H and O–H groups in total. The Morgan fingerprint density at radius 2 is 2.03 bits per heavy atom. The number of carbonyl (C=O) groups is 2. The van der Waals surface area contributed by atoms with Crippen LogP contribution in [-0.4, -0.2) is 32.5 Å². The number of amides is 2. The lowest BCUT2D eigenvalue weighted by Gasteiger charge is -2.17. The van der Waals surface area contributed by atoms with Crippen molar-refractivity contribution in [1.82, 2.24) is 20.8 Å². The summed E-state index contributed by atoms with van der Waals surface area (Å²) in [7, 11) is 0. The van der Waals surface area contributed by atoms with E-state index in [-0.39, 0.29) is 17.0 Å². The number of nitro groups is 1. The van der Waals surface area contributed by atoms with E-state index >= 15 is 0 Å². The molecule has 3 aromatic rings. The topological polar surface area (TPSA) is 153 Å². The van der Waals surface area contributed by atoms with Gasteiger partial charge in [0.15, 0.2) is 5.16 Å². The van der Waals surface area contributed by atoms with Crippen LogP contribution >= 0.6 is 23.1 Å². The SMILES string of the molecule is C[C@@H]1CCc2c(sc3nc(SCC(=O)NNC(=O)c4ccc([N+](=O)[O-])cc4)nc(N)c23)C1. The number of thiophene rings is 1. The Morgan fingerprint density at radius 3 is 2.75 bits per heavy atom. The van der Waals surface area contributed by atoms with Crippen molar-refractivity contribution >= 4 is 56.6 Å². The fourth-order valence-electron chi connectivity index (χ4n) is 3.51. The molecule has 12 heteroatoms. The molecule has 0 saturated heterocycles. The molecule has 2 amide bonds. The quantitative estimate of drug-likeness (QED) is 0.222. The minimum atomic E-state index is -0.585. The normalized spacial score (nSPS) is 15.2. The molecule has 1 aromatic carbocycles. The maximum absolute atomic E-state index is 12.1. The van der Waals surface area contributed by atoms with Gasteiger partial charge in [-0.3, -0.25) is 30.6 Å². The van der Waals surface area contributed by atoms with Gasteiger partial charge in [-0.05, 0) is 42.9 Å². The maximum atomic E-state index is 12.1. The number of hydrazine groups is 1. The van der Waals surface area contributed by atoms with Crippen molar-refractivity contribution in [3.8, 4) is 0 Å². The highest BCUT2D eigenvalue weighted by Gasteiger charge is 2.23. The average Bonchev–Trinajstić information content (AvgIpc) is 3.13. The molecule has 0 unspecified atom stereocenters. The highest BCUT2D eigenvalue weighted by molar-refractivity contribution is 7.99. The number of benzene rings is 1. The predicted octanol–water partition coefficient (Wildman–Crippen LogP) is 2.86. The van der Waals surface area contributed by atoms with Crippen molar-refractivity contribution in [2.75, 3.05) is 11.5 Å². The van der Waals surface area contributed by atoms with Crippen LogP contribution in [0.3, 0.4) is 0 Å². The number of aromatic nitrogens is 2. The second-order valence-corrected chi connectivity index (χ2v) is 9.54. The Bertz CT molecular complexity index is 1210. The van der Waals surface area contributed by atoms with Crippen LogP contribution in [0.25, 0.3) is 10.2 Å². The van der Waals surface area contributed by atoms with Crippen LogP contribution in [0.2, 0.25) is 0 Å². The number of nitrogens with one attached hydrogen (secondary N) is 2. The first-order valence-electron chi connectivity index (χ1n) is 9.86. The van der Waals surface area contributed by atoms with Crippen molar-refractivity contribution in [2.24, 2.45) is 5.92 Å². The molecule has 1 aliphatic carbocycles. The van der Waals surface area contributed by atoms with Crippen LogP contribution in [0.5, 0.6) is 0 Å². The smallest absolute Gasteiger partial charge is 0.269 e. The number of aryl methyl sites for hydroxylation is 1. The van der Waals surface area contributed by atoms with Crippen molar-refractivity contribution in [1.29, 1.82) is 0 Å². The van der Waals surface area contributed by atoms with Crippen LogP contribution in [0.1, 0.15) is 34.1 Å². The van der Waals surface area contributed by atoms with Gasteiger partial charge in [-0.15, -0.1) is 11.3 Å². The van der Waals surface area contributed by atoms with E-state index in [1.165, 1.54) is 34.7 Å². The molecule has 0 bridgehead atoms. The van der Waals surface area contributed by atoms with Gasteiger partial charge < -0.3 is 5.73 Å². The van der Waals surface area contributed by atoms with E-state index in [1.54, 1.807) is 11.3 Å². The van der Waals surface area contributed by atoms with E-state index in [2.05, 4.69) is 27.7 Å². The molecule has 0 saturated carbocycles. The number of fused-ring (bicyclic) bond motifs is 3. The van der Waals surface area contributed by atoms with Crippen molar-refractivity contribution in [3.05, 3.63) is 50.4 Å². The van der Waals surface area contributed by atoms with Crippen LogP contribution in [-0.2, 0) is 17.6 Å². The molecule has 0 fully saturated rings. The van der Waals surface area contributed by atoms with E-state index in [0.29, 0.717) is 16.9 Å². The monoisotopic (exact) mass is 472 g/mol. The highest BCUT2D eigenvalue weighted by Crippen LogP contribution is 2.39. The first-order valence-corrected chi connectivity index (χ1v) is 11.7. The Balaban J connectivity index is 1.34. The molecule has 0 spiro atoms. The number of hydrogen-bond acceptors (Lipinski definition) is 9. The summed E-state index contributed by atoms with van der Waals surface area (Å²) in [6.45, 7) is 2.24. The summed E-state index contributed by atoms with van der Waals surface area (Å²) in [5.74, 6) is 0.0125. The second-order valence-electron chi connectivity index (χ2n) is 7.52. The fraction of sp³-hybridized carbons (Fsp3) is 0.300. The van der Waals surface area contributed by atoms with Gasteiger partial charge in [-0.2, -0.15) is 0 Å². The minimum Gasteiger partial charge on any atom is -0.383 e. The molecule has 166 valence electrons. The Hall–Kier alpha value is -3.25. The van der Waals surface area contributed by atoms with Crippen LogP contribution in [0.15, 0.2) is 29.4 Å². The average molecular weight is 473 g/mol. The van der Waals surface area contributed by atoms with Gasteiger partial charge in [0.2, 0.25) is 5.91 Å². The maximum Gasteiger partial charge on any atom is 0.269 e. The third kappa shape index (κ3) is 4.65. The summed E-state index contributed by atoms with van der Waals surface area (Å²) < 4.78 is 0. The second kappa shape index (κ2) is 9.09. The zero-order chi connectivity index (χ0) is 22.8. The van der Waals surface area contributed by atoms with Gasteiger partial charge in [0.1, 0.15) is 10.6 Å². The summed E-state index contributed by atoms with van der Waals surface area (Å²) in [5.41, 5.74) is 12.1. The van der Waals surface area contributed by atoms with Gasteiger partial charge in [0.25, 0.3) is 11.6 Å². The van der Waals surface area contributed by atoms with Crippen molar-refractivity contribution in [3.63, 3.8) is 0 Å². The van der Waals surface area contributed by atoms with Crippen molar-refractivity contribution in [2.45, 2.75) is 31.3 Å². The zero-order valence-corrected chi connectivity index (χ0v) is 18.7. The number of hydrogen-bond donors (Lipinski definition) is 3. The molecule has 10 nitrogen and oxygen atoms in total. The third-order valence-electron chi connectivity index (χ3n) is 5.15. The number of anilines is 1. The summed E-state index contributed by atoms with van der Waals surface area (Å²) >= 11 is 2.76. The molecule has 32 heavy (non-hydrogen) atoms. The number of nitro benzene ring substituents is 1. The summed E-state index contributed by atoms with van der Waals surface area (Å²) in [6.07, 6.45) is 3.13. The highest BCUT2D eigenvalue weighted by atomic mass is 32.2. The molecule has 2 heterocycles. The molecular weight excluding hydrogens is 452 g/mol. The number of non-ortho nitro benzene ring substituents is 1. The van der Waals surface area contributed by atoms with Gasteiger partial charge in [-0.1, -0.05) is 18.7 Å². The number of rotatable bonds is 5. The summed E-state index contributed by atoms with van der Waals surface area (Å²) in [4.78, 5) is 45.4. The lowest BCUT2D eigenvalue weighted by molar-refractivity contribution is -0.384. The number of nitrogens with zero attached hydrogens (tertiary/aromatic N) is 3.